The number of carbonyl (C=O) groups is 1. The maximum atomic E-state index is 13.1. The van der Waals surface area contributed by atoms with Gasteiger partial charge in [-0.15, -0.1) is 0 Å². The number of nitrogens with zero attached hydrogens (tertiary/aromatic N) is 3. The fourth-order valence-electron chi connectivity index (χ4n) is 2.92. The average molecular weight is 381 g/mol. The molecule has 0 fully saturated rings. The molecular formula is C20H20FN5O2. The van der Waals surface area contributed by atoms with Gasteiger partial charge in [0.05, 0.1) is 11.9 Å². The van der Waals surface area contributed by atoms with Crippen molar-refractivity contribution in [2.45, 2.75) is 38.1 Å². The molecule has 0 amide bonds. The number of benzene rings is 1. The standard InChI is InChI=1S/C20H20FN5O2/c21-14-8-6-13(7-9-14)19-25-16(12-22)18(26-19)15(23)4-2-1-3-5-17(27)20-24-10-11-28-20/h6-11,15H,1-5,23H2,(H,25,26). The third-order valence-corrected chi connectivity index (χ3v) is 4.42. The number of H-pyrrole nitrogens is 1. The molecule has 7 nitrogen and oxygen atoms in total. The molecular weight excluding hydrogens is 361 g/mol. The van der Waals surface area contributed by atoms with Gasteiger partial charge in [0.1, 0.15) is 24.0 Å². The molecule has 1 aromatic carbocycles. The highest BCUT2D eigenvalue weighted by Crippen LogP contribution is 2.24. The second-order valence-corrected chi connectivity index (χ2v) is 6.43. The Kier molecular flexibility index (Phi) is 6.29. The molecule has 1 unspecified atom stereocenters. The lowest BCUT2D eigenvalue weighted by molar-refractivity contribution is 0.0945. The van der Waals surface area contributed by atoms with E-state index in [1.807, 2.05) is 0 Å². The normalized spacial score (nSPS) is 11.9. The van der Waals surface area contributed by atoms with Crippen LogP contribution >= 0.6 is 0 Å². The van der Waals surface area contributed by atoms with E-state index in [0.29, 0.717) is 36.3 Å². The van der Waals surface area contributed by atoms with Crippen molar-refractivity contribution in [2.24, 2.45) is 5.73 Å². The topological polar surface area (TPSA) is 122 Å². The molecule has 144 valence electrons. The van der Waals surface area contributed by atoms with E-state index >= 15 is 0 Å². The molecule has 3 rings (SSSR count). The Morgan fingerprint density at radius 3 is 2.75 bits per heavy atom. The van der Waals surface area contributed by atoms with Crippen LogP contribution in [0.25, 0.3) is 11.4 Å². The number of nitrogens with two attached hydrogens (primary N) is 1. The fourth-order valence-corrected chi connectivity index (χ4v) is 2.92. The smallest absolute Gasteiger partial charge is 0.263 e. The second-order valence-electron chi connectivity index (χ2n) is 6.43. The van der Waals surface area contributed by atoms with Gasteiger partial charge in [0.2, 0.25) is 5.78 Å². The van der Waals surface area contributed by atoms with E-state index < -0.39 is 0 Å². The molecule has 0 radical (unpaired) electrons. The number of nitrogens with one attached hydrogen (secondary N) is 1. The van der Waals surface area contributed by atoms with Crippen LogP contribution in [-0.2, 0) is 0 Å². The summed E-state index contributed by atoms with van der Waals surface area (Å²) in [5.41, 5.74) is 7.72. The van der Waals surface area contributed by atoms with Crippen LogP contribution in [0.1, 0.15) is 60.2 Å². The van der Waals surface area contributed by atoms with Crippen molar-refractivity contribution in [1.82, 2.24) is 15.0 Å². The Hall–Kier alpha value is -3.31. The summed E-state index contributed by atoms with van der Waals surface area (Å²) in [5, 5.41) is 9.33. The van der Waals surface area contributed by atoms with Gasteiger partial charge in [0, 0.05) is 18.0 Å². The lowest BCUT2D eigenvalue weighted by Crippen LogP contribution is -2.12. The van der Waals surface area contributed by atoms with E-state index in [4.69, 9.17) is 10.2 Å². The van der Waals surface area contributed by atoms with Gasteiger partial charge in [-0.1, -0.05) is 12.8 Å². The number of rotatable bonds is 9. The summed E-state index contributed by atoms with van der Waals surface area (Å²) < 4.78 is 18.1. The molecule has 0 aliphatic heterocycles. The van der Waals surface area contributed by atoms with Crippen LogP contribution in [0.5, 0.6) is 0 Å². The second kappa shape index (κ2) is 9.06. The molecule has 3 aromatic rings. The average Bonchev–Trinajstić information content (AvgIpc) is 3.38. The van der Waals surface area contributed by atoms with Gasteiger partial charge in [0.15, 0.2) is 5.69 Å². The summed E-state index contributed by atoms with van der Waals surface area (Å²) in [5.74, 6) is 0.173. The molecule has 28 heavy (non-hydrogen) atoms. The summed E-state index contributed by atoms with van der Waals surface area (Å²) in [6, 6.07) is 7.53. The minimum atomic E-state index is -0.376. The van der Waals surface area contributed by atoms with E-state index in [1.165, 1.54) is 24.6 Å². The number of hydrogen-bond donors (Lipinski definition) is 2. The summed E-state index contributed by atoms with van der Waals surface area (Å²) in [6.07, 6.45) is 6.18. The summed E-state index contributed by atoms with van der Waals surface area (Å²) in [6.45, 7) is 0. The number of aromatic amines is 1. The third-order valence-electron chi connectivity index (χ3n) is 4.42. The molecule has 1 atom stereocenters. The van der Waals surface area contributed by atoms with Gasteiger partial charge in [-0.2, -0.15) is 5.26 Å². The van der Waals surface area contributed by atoms with E-state index in [1.54, 1.807) is 12.1 Å². The molecule has 0 bridgehead atoms. The van der Waals surface area contributed by atoms with Gasteiger partial charge in [-0.05, 0) is 37.1 Å². The Balaban J connectivity index is 1.52. The molecule has 0 spiro atoms. The molecule has 8 heteroatoms. The highest BCUT2D eigenvalue weighted by molar-refractivity contribution is 5.91. The zero-order valence-electron chi connectivity index (χ0n) is 15.2. The largest absolute Gasteiger partial charge is 0.442 e. The molecule has 0 saturated heterocycles. The van der Waals surface area contributed by atoms with Crippen molar-refractivity contribution in [3.05, 3.63) is 59.8 Å². The van der Waals surface area contributed by atoms with Crippen molar-refractivity contribution in [3.8, 4) is 17.5 Å². The Labute approximate surface area is 161 Å². The van der Waals surface area contributed by atoms with Crippen LogP contribution in [0.3, 0.4) is 0 Å². The van der Waals surface area contributed by atoms with Crippen LogP contribution in [-0.4, -0.2) is 20.7 Å². The van der Waals surface area contributed by atoms with Gasteiger partial charge in [0.25, 0.3) is 5.89 Å². The lowest BCUT2D eigenvalue weighted by atomic mass is 10.0. The number of aromatic nitrogens is 3. The number of nitriles is 1. The number of imidazole rings is 1. The predicted octanol–water partition coefficient (Wildman–Crippen LogP) is 3.91. The van der Waals surface area contributed by atoms with Gasteiger partial charge < -0.3 is 15.1 Å². The Bertz CT molecular complexity index is 958. The highest BCUT2D eigenvalue weighted by atomic mass is 19.1. The summed E-state index contributed by atoms with van der Waals surface area (Å²) in [4.78, 5) is 23.0. The lowest BCUT2D eigenvalue weighted by Gasteiger charge is -2.09. The van der Waals surface area contributed by atoms with Crippen LogP contribution in [0.2, 0.25) is 0 Å². The molecule has 2 aromatic heterocycles. The van der Waals surface area contributed by atoms with Crippen LogP contribution in [0.4, 0.5) is 4.39 Å². The SMILES string of the molecule is N#Cc1nc(-c2ccc(F)cc2)[nH]c1C(N)CCCCCC(=O)c1ncco1. The first-order chi connectivity index (χ1) is 13.6. The zero-order chi connectivity index (χ0) is 19.9. The van der Waals surface area contributed by atoms with Crippen molar-refractivity contribution in [2.75, 3.05) is 0 Å². The van der Waals surface area contributed by atoms with Crippen molar-refractivity contribution in [1.29, 1.82) is 5.26 Å². The Morgan fingerprint density at radius 2 is 2.07 bits per heavy atom. The Morgan fingerprint density at radius 1 is 1.29 bits per heavy atom. The van der Waals surface area contributed by atoms with Crippen LogP contribution in [0.15, 0.2) is 41.1 Å². The predicted molar refractivity (Wildman–Crippen MR) is 99.5 cm³/mol. The quantitative estimate of drug-likeness (QED) is 0.428. The van der Waals surface area contributed by atoms with Gasteiger partial charge >= 0.3 is 0 Å². The van der Waals surface area contributed by atoms with Gasteiger partial charge in [-0.25, -0.2) is 14.4 Å². The first-order valence-electron chi connectivity index (χ1n) is 9.02. The number of halogens is 1. The number of ketones is 1. The van der Waals surface area contributed by atoms with Crippen molar-refractivity contribution in [3.63, 3.8) is 0 Å². The minimum Gasteiger partial charge on any atom is -0.442 e. The monoisotopic (exact) mass is 381 g/mol. The maximum Gasteiger partial charge on any atom is 0.263 e. The van der Waals surface area contributed by atoms with E-state index in [0.717, 1.165) is 12.8 Å². The number of Topliss-reactive ketones (excluding diaryl/α,β-unsaturated/α-hetero) is 1. The minimum absolute atomic E-state index is 0.112. The fraction of sp³-hybridized carbons (Fsp3) is 0.300. The maximum absolute atomic E-state index is 13.1. The first kappa shape index (κ1) is 19.5. The van der Waals surface area contributed by atoms with E-state index in [-0.39, 0.29) is 29.2 Å². The summed E-state index contributed by atoms with van der Waals surface area (Å²) in [7, 11) is 0. The van der Waals surface area contributed by atoms with Crippen molar-refractivity contribution >= 4 is 5.78 Å². The first-order valence-corrected chi connectivity index (χ1v) is 9.02. The molecule has 2 heterocycles. The van der Waals surface area contributed by atoms with E-state index in [2.05, 4.69) is 21.0 Å². The molecule has 3 N–H and O–H groups in total. The third kappa shape index (κ3) is 4.69. The zero-order valence-corrected chi connectivity index (χ0v) is 15.2. The van der Waals surface area contributed by atoms with Crippen molar-refractivity contribution < 1.29 is 13.6 Å². The van der Waals surface area contributed by atoms with E-state index in [9.17, 15) is 14.4 Å². The molecule has 0 saturated carbocycles. The number of carbonyl (C=O) groups excluding carboxylic acids is 1. The molecule has 0 aliphatic carbocycles. The van der Waals surface area contributed by atoms with Gasteiger partial charge in [-0.3, -0.25) is 4.79 Å². The highest BCUT2D eigenvalue weighted by Gasteiger charge is 2.17. The number of oxazole rings is 1. The van der Waals surface area contributed by atoms with Crippen LogP contribution in [0, 0.1) is 17.1 Å². The summed E-state index contributed by atoms with van der Waals surface area (Å²) >= 11 is 0. The molecule has 0 aliphatic rings. The number of unbranched alkanes of at least 4 members (excludes halogenated alkanes) is 2. The van der Waals surface area contributed by atoms with Crippen LogP contribution < -0.4 is 5.73 Å². The number of hydrogen-bond acceptors (Lipinski definition) is 6.